The Morgan fingerprint density at radius 1 is 0.926 bits per heavy atom. The fraction of sp³-hybridized carbons (Fsp3) is 0.550. The summed E-state index contributed by atoms with van der Waals surface area (Å²) in [6, 6.07) is 16.0. The molecule has 6 N–H and O–H groups in total. The van der Waals surface area contributed by atoms with Crippen LogP contribution in [0.25, 0.3) is 22.5 Å². The van der Waals surface area contributed by atoms with E-state index in [9.17, 15) is 14.5 Å². The third-order valence-corrected chi connectivity index (χ3v) is 10.4. The number of nitrogens with two attached hydrogens (primary N) is 2. The van der Waals surface area contributed by atoms with Crippen molar-refractivity contribution in [1.29, 1.82) is 0 Å². The minimum absolute atomic E-state index is 0.0986. The fourth-order valence-corrected chi connectivity index (χ4v) is 7.02. The number of carbonyl (C=O) groups is 2. The maximum Gasteiger partial charge on any atom is 0.329 e. The Morgan fingerprint density at radius 2 is 1.59 bits per heavy atom. The third-order valence-electron chi connectivity index (χ3n) is 9.68. The number of hydrogen-bond acceptors (Lipinski definition) is 10. The van der Waals surface area contributed by atoms with Crippen molar-refractivity contribution in [2.75, 3.05) is 31.7 Å². The number of hydrogen-bond donors (Lipinski definition) is 4. The molecule has 14 heteroatoms. The molecule has 2 amide bonds. The molecule has 0 bridgehead atoms. The Morgan fingerprint density at radius 3 is 2.35 bits per heavy atom. The first kappa shape index (κ1) is 42.9. The second kappa shape index (κ2) is 23.8. The maximum atomic E-state index is 13.8. The average molecular weight is 765 g/mol. The van der Waals surface area contributed by atoms with Gasteiger partial charge in [0.05, 0.1) is 24.5 Å². The van der Waals surface area contributed by atoms with E-state index in [-0.39, 0.29) is 24.7 Å². The molecule has 1 unspecified atom stereocenters. The van der Waals surface area contributed by atoms with Crippen LogP contribution in [0.15, 0.2) is 60.4 Å². The highest BCUT2D eigenvalue weighted by Gasteiger charge is 2.29. The summed E-state index contributed by atoms with van der Waals surface area (Å²) in [4.78, 5) is 37.6. The molecule has 54 heavy (non-hydrogen) atoms. The first-order valence-corrected chi connectivity index (χ1v) is 20.8. The molecule has 1 atom stereocenters. The van der Waals surface area contributed by atoms with Crippen molar-refractivity contribution in [2.45, 2.75) is 116 Å². The SMILES string of the molecule is CC/C(N)=C/N(N)CCCCCCCCCCn1nnc2c1-c1ccccc1CN(C(=O)CCC(=O)NCCCCCCOP(O)OC)c1ccccc1-2. The first-order valence-electron chi connectivity index (χ1n) is 19.6. The normalized spacial score (nSPS) is 13.0. The fourth-order valence-electron chi connectivity index (χ4n) is 6.63. The van der Waals surface area contributed by atoms with Crippen molar-refractivity contribution in [3.8, 4) is 22.5 Å². The van der Waals surface area contributed by atoms with E-state index in [0.717, 1.165) is 104 Å². The van der Waals surface area contributed by atoms with Gasteiger partial charge in [0.25, 0.3) is 0 Å². The van der Waals surface area contributed by atoms with E-state index in [4.69, 9.17) is 25.7 Å². The van der Waals surface area contributed by atoms with Crippen molar-refractivity contribution in [3.05, 3.63) is 66.0 Å². The number of anilines is 1. The number of aryl methyl sites for hydroxylation is 1. The summed E-state index contributed by atoms with van der Waals surface area (Å²) in [5, 5.41) is 14.0. The smallest absolute Gasteiger partial charge is 0.329 e. The van der Waals surface area contributed by atoms with Crippen molar-refractivity contribution < 1.29 is 23.5 Å². The minimum Gasteiger partial charge on any atom is -0.401 e. The molecular weight excluding hydrogens is 703 g/mol. The second-order valence-corrected chi connectivity index (χ2v) is 14.9. The zero-order valence-electron chi connectivity index (χ0n) is 32.3. The highest BCUT2D eigenvalue weighted by molar-refractivity contribution is 7.40. The van der Waals surface area contributed by atoms with Crippen molar-refractivity contribution in [2.24, 2.45) is 11.6 Å². The average Bonchev–Trinajstić information content (AvgIpc) is 3.59. The summed E-state index contributed by atoms with van der Waals surface area (Å²) >= 11 is 0. The van der Waals surface area contributed by atoms with Crippen LogP contribution in [0, 0.1) is 0 Å². The standard InChI is InChI=1S/C40H61N8O5P/c1-3-33(41)31-46(42)27-17-9-6-4-5-7-10-18-28-48-40-34-21-13-12-20-32(34)30-47(36-23-15-14-22-35(36)39(40)44-45-48)38(50)25-24-37(49)43-26-16-8-11-19-29-53-54(51)52-2/h12-15,20-23,31,51H,3-11,16-19,24-30,41-42H2,1-2H3,(H,43,49)/b33-31-. The van der Waals surface area contributed by atoms with Crippen molar-refractivity contribution in [3.63, 3.8) is 0 Å². The van der Waals surface area contributed by atoms with Gasteiger partial charge in [-0.25, -0.2) is 10.5 Å². The number of allylic oxidation sites excluding steroid dienone is 1. The number of para-hydroxylation sites is 1. The molecule has 1 aliphatic rings. The van der Waals surface area contributed by atoms with Crippen molar-refractivity contribution in [1.82, 2.24) is 25.3 Å². The van der Waals surface area contributed by atoms with Gasteiger partial charge < -0.3 is 34.9 Å². The Hall–Kier alpha value is -3.87. The monoisotopic (exact) mass is 764 g/mol. The first-order chi connectivity index (χ1) is 26.3. The summed E-state index contributed by atoms with van der Waals surface area (Å²) in [5.74, 6) is 5.75. The van der Waals surface area contributed by atoms with E-state index >= 15 is 0 Å². The molecule has 13 nitrogen and oxygen atoms in total. The van der Waals surface area contributed by atoms with Gasteiger partial charge in [0.2, 0.25) is 11.8 Å². The second-order valence-electron chi connectivity index (χ2n) is 13.8. The lowest BCUT2D eigenvalue weighted by Crippen LogP contribution is -2.33. The van der Waals surface area contributed by atoms with Crippen LogP contribution < -0.4 is 21.8 Å². The van der Waals surface area contributed by atoms with Crippen LogP contribution in [-0.2, 0) is 31.7 Å². The van der Waals surface area contributed by atoms with Crippen LogP contribution in [-0.4, -0.2) is 63.5 Å². The largest absolute Gasteiger partial charge is 0.401 e. The molecule has 0 radical (unpaired) electrons. The van der Waals surface area contributed by atoms with Crippen LogP contribution >= 0.6 is 8.60 Å². The Bertz CT molecular complexity index is 1620. The number of hydrazine groups is 1. The van der Waals surface area contributed by atoms with Crippen LogP contribution in [0.5, 0.6) is 0 Å². The molecule has 0 aliphatic carbocycles. The van der Waals surface area contributed by atoms with Crippen LogP contribution in [0.3, 0.4) is 0 Å². The van der Waals surface area contributed by atoms with Crippen LogP contribution in [0.2, 0.25) is 0 Å². The van der Waals surface area contributed by atoms with Crippen LogP contribution in [0.1, 0.15) is 109 Å². The van der Waals surface area contributed by atoms with Crippen molar-refractivity contribution >= 4 is 26.1 Å². The Balaban J connectivity index is 1.28. The molecule has 0 saturated carbocycles. The van der Waals surface area contributed by atoms with E-state index in [0.29, 0.717) is 19.7 Å². The molecule has 0 fully saturated rings. The molecule has 0 spiro atoms. The lowest BCUT2D eigenvalue weighted by atomic mass is 9.95. The summed E-state index contributed by atoms with van der Waals surface area (Å²) in [7, 11) is -0.368. The molecular formula is C40H61N8O5P. The maximum absolute atomic E-state index is 13.8. The van der Waals surface area contributed by atoms with Gasteiger partial charge in [0.1, 0.15) is 5.69 Å². The molecule has 2 aromatic carbocycles. The van der Waals surface area contributed by atoms with E-state index < -0.39 is 8.60 Å². The molecule has 2 heterocycles. The number of nitrogens with zero attached hydrogens (tertiary/aromatic N) is 5. The molecule has 1 aromatic heterocycles. The Labute approximate surface area is 322 Å². The summed E-state index contributed by atoms with van der Waals surface area (Å²) in [5.41, 5.74) is 12.1. The number of nitrogens with one attached hydrogen (secondary N) is 1. The van der Waals surface area contributed by atoms with Gasteiger partial charge in [0, 0.05) is 62.6 Å². The summed E-state index contributed by atoms with van der Waals surface area (Å²) in [6.45, 7) is 5.01. The van der Waals surface area contributed by atoms with E-state index in [2.05, 4.69) is 22.7 Å². The molecule has 1 aliphatic heterocycles. The number of benzene rings is 2. The topological polar surface area (TPSA) is 174 Å². The lowest BCUT2D eigenvalue weighted by Gasteiger charge is -2.28. The number of amides is 2. The number of fused-ring (bicyclic) bond motifs is 5. The number of carbonyl (C=O) groups excluding carboxylic acids is 2. The predicted molar refractivity (Wildman–Crippen MR) is 215 cm³/mol. The van der Waals surface area contributed by atoms with Gasteiger partial charge in [-0.2, -0.15) is 0 Å². The number of unbranched alkanes of at least 4 members (excludes halogenated alkanes) is 10. The predicted octanol–water partition coefficient (Wildman–Crippen LogP) is 7.30. The third kappa shape index (κ3) is 13.8. The van der Waals surface area contributed by atoms with Gasteiger partial charge in [-0.3, -0.25) is 9.59 Å². The highest BCUT2D eigenvalue weighted by atomic mass is 31.2. The zero-order valence-corrected chi connectivity index (χ0v) is 33.2. The molecule has 3 aromatic rings. The van der Waals surface area contributed by atoms with Gasteiger partial charge in [0.15, 0.2) is 0 Å². The van der Waals surface area contributed by atoms with E-state index in [1.54, 1.807) is 9.91 Å². The Kier molecular flexibility index (Phi) is 18.9. The number of rotatable bonds is 25. The van der Waals surface area contributed by atoms with Gasteiger partial charge in [-0.1, -0.05) is 106 Å². The summed E-state index contributed by atoms with van der Waals surface area (Å²) < 4.78 is 11.9. The van der Waals surface area contributed by atoms with Gasteiger partial charge in [-0.15, -0.1) is 5.10 Å². The summed E-state index contributed by atoms with van der Waals surface area (Å²) in [6.07, 6.45) is 15.6. The lowest BCUT2D eigenvalue weighted by molar-refractivity contribution is -0.125. The zero-order chi connectivity index (χ0) is 38.5. The molecule has 4 rings (SSSR count). The quantitative estimate of drug-likeness (QED) is 0.0297. The van der Waals surface area contributed by atoms with E-state index in [1.807, 2.05) is 54.2 Å². The number of aromatic nitrogens is 3. The van der Waals surface area contributed by atoms with Gasteiger partial charge in [-0.05, 0) is 43.7 Å². The molecule has 296 valence electrons. The van der Waals surface area contributed by atoms with E-state index in [1.165, 1.54) is 39.2 Å². The highest BCUT2D eigenvalue weighted by Crippen LogP contribution is 2.41. The van der Waals surface area contributed by atoms with Crippen LogP contribution in [0.4, 0.5) is 5.69 Å². The molecule has 0 saturated heterocycles. The van der Waals surface area contributed by atoms with Gasteiger partial charge >= 0.3 is 8.60 Å². The minimum atomic E-state index is -1.78.